The monoisotopic (exact) mass is 467 g/mol. The van der Waals surface area contributed by atoms with Crippen molar-refractivity contribution in [2.45, 2.75) is 31.0 Å². The molecule has 2 aromatic carbocycles. The number of alkyl halides is 3. The fraction of sp³-hybridized carbons (Fsp3) is 0.320. The second-order valence-corrected chi connectivity index (χ2v) is 8.82. The lowest BCUT2D eigenvalue weighted by atomic mass is 10.1. The lowest BCUT2D eigenvalue weighted by molar-refractivity contribution is -0.159. The molecule has 4 aromatic rings. The molecule has 1 saturated carbocycles. The van der Waals surface area contributed by atoms with Crippen LogP contribution in [0, 0.1) is 0 Å². The predicted molar refractivity (Wildman–Crippen MR) is 123 cm³/mol. The molecule has 0 radical (unpaired) electrons. The summed E-state index contributed by atoms with van der Waals surface area (Å²) in [7, 11) is 4.10. The summed E-state index contributed by atoms with van der Waals surface area (Å²) in [5, 5.41) is 3.37. The maximum Gasteiger partial charge on any atom is 0.471 e. The predicted octanol–water partition coefficient (Wildman–Crippen LogP) is 5.44. The van der Waals surface area contributed by atoms with Crippen molar-refractivity contribution in [1.82, 2.24) is 24.6 Å². The van der Waals surface area contributed by atoms with Crippen molar-refractivity contribution in [2.24, 2.45) is 0 Å². The van der Waals surface area contributed by atoms with Crippen molar-refractivity contribution in [3.05, 3.63) is 77.2 Å². The molecule has 0 spiro atoms. The smallest absolute Gasteiger partial charge is 0.329 e. The summed E-state index contributed by atoms with van der Waals surface area (Å²) in [6.45, 7) is 1.72. The number of benzene rings is 2. The van der Waals surface area contributed by atoms with E-state index in [0.29, 0.717) is 11.8 Å². The lowest BCUT2D eigenvalue weighted by Gasteiger charge is -2.13. The highest BCUT2D eigenvalue weighted by Gasteiger charge is 2.43. The number of fused-ring (bicyclic) bond motifs is 1. The molecule has 0 unspecified atom stereocenters. The molecule has 0 amide bonds. The van der Waals surface area contributed by atoms with Gasteiger partial charge in [0.2, 0.25) is 0 Å². The lowest BCUT2D eigenvalue weighted by Crippen LogP contribution is -2.19. The van der Waals surface area contributed by atoms with Crippen molar-refractivity contribution in [3.63, 3.8) is 0 Å². The van der Waals surface area contributed by atoms with Gasteiger partial charge in [-0.2, -0.15) is 18.2 Å². The molecule has 2 heterocycles. The molecule has 5 rings (SSSR count). The average Bonchev–Trinajstić information content (AvgIpc) is 3.29. The minimum atomic E-state index is -4.66. The maximum absolute atomic E-state index is 12.7. The summed E-state index contributed by atoms with van der Waals surface area (Å²) in [6, 6.07) is 16.4. The first kappa shape index (κ1) is 22.3. The molecule has 6 nitrogen and oxygen atoms in total. The number of nitrogens with zero attached hydrogens (tertiary/aromatic N) is 5. The van der Waals surface area contributed by atoms with Crippen LogP contribution in [0.5, 0.6) is 0 Å². The Bertz CT molecular complexity index is 1320. The third-order valence-corrected chi connectivity index (χ3v) is 6.03. The first-order chi connectivity index (χ1) is 16.3. The van der Waals surface area contributed by atoms with E-state index < -0.39 is 12.1 Å². The molecule has 2 aromatic heterocycles. The van der Waals surface area contributed by atoms with Gasteiger partial charge in [0.25, 0.3) is 0 Å². The molecule has 0 bridgehead atoms. The van der Waals surface area contributed by atoms with Crippen molar-refractivity contribution >= 4 is 23.2 Å². The Balaban J connectivity index is 1.43. The van der Waals surface area contributed by atoms with Crippen molar-refractivity contribution in [1.29, 1.82) is 0 Å². The fourth-order valence-electron chi connectivity index (χ4n) is 4.22. The Hall–Kier alpha value is -3.46. The van der Waals surface area contributed by atoms with Gasteiger partial charge >= 0.3 is 12.1 Å². The van der Waals surface area contributed by atoms with Gasteiger partial charge in [-0.3, -0.25) is 0 Å². The number of imidazole rings is 1. The van der Waals surface area contributed by atoms with Crippen LogP contribution in [0.15, 0.2) is 53.1 Å². The second-order valence-electron chi connectivity index (χ2n) is 8.82. The number of halogens is 3. The molecular weight excluding hydrogens is 443 g/mol. The maximum atomic E-state index is 12.7. The number of aromatic nitrogens is 4. The van der Waals surface area contributed by atoms with E-state index in [0.717, 1.165) is 41.9 Å². The van der Waals surface area contributed by atoms with E-state index in [1.165, 1.54) is 11.6 Å². The summed E-state index contributed by atoms with van der Waals surface area (Å²) in [5.41, 5.74) is 4.04. The van der Waals surface area contributed by atoms with Crippen LogP contribution in [0.2, 0.25) is 0 Å². The van der Waals surface area contributed by atoms with Gasteiger partial charge in [0.15, 0.2) is 5.82 Å². The Labute approximate surface area is 194 Å². The van der Waals surface area contributed by atoms with Crippen LogP contribution < -0.4 is 0 Å². The van der Waals surface area contributed by atoms with Crippen LogP contribution in [0.4, 0.5) is 13.2 Å². The second kappa shape index (κ2) is 8.72. The molecule has 0 N–H and O–H groups in total. The highest BCUT2D eigenvalue weighted by Crippen LogP contribution is 2.54. The summed E-state index contributed by atoms with van der Waals surface area (Å²) >= 11 is 0. The molecule has 0 aliphatic heterocycles. The van der Waals surface area contributed by atoms with Gasteiger partial charge in [-0.1, -0.05) is 47.6 Å². The van der Waals surface area contributed by atoms with Gasteiger partial charge in [-0.05, 0) is 55.8 Å². The number of hydrogen-bond acceptors (Lipinski definition) is 5. The molecule has 34 heavy (non-hydrogen) atoms. The topological polar surface area (TPSA) is 60.0 Å². The normalized spacial score (nSPS) is 18.4. The number of hydrogen-bond donors (Lipinski definition) is 0. The molecule has 9 heteroatoms. The summed E-state index contributed by atoms with van der Waals surface area (Å²) in [4.78, 5) is 10.5. The first-order valence-corrected chi connectivity index (χ1v) is 11.1. The van der Waals surface area contributed by atoms with E-state index in [1.54, 1.807) is 6.08 Å². The van der Waals surface area contributed by atoms with Crippen LogP contribution >= 0.6 is 0 Å². The quantitative estimate of drug-likeness (QED) is 0.362. The molecular formula is C25H24F3N5O. The van der Waals surface area contributed by atoms with Crippen molar-refractivity contribution < 1.29 is 17.7 Å². The highest BCUT2D eigenvalue weighted by atomic mass is 19.4. The van der Waals surface area contributed by atoms with E-state index >= 15 is 0 Å². The minimum Gasteiger partial charge on any atom is -0.329 e. The molecule has 2 atom stereocenters. The first-order valence-electron chi connectivity index (χ1n) is 11.1. The van der Waals surface area contributed by atoms with Crippen LogP contribution in [0.25, 0.3) is 23.2 Å². The third-order valence-electron chi connectivity index (χ3n) is 6.03. The summed E-state index contributed by atoms with van der Waals surface area (Å²) < 4.78 is 44.6. The summed E-state index contributed by atoms with van der Waals surface area (Å²) in [5.74, 6) is 0.435. The van der Waals surface area contributed by atoms with E-state index in [9.17, 15) is 13.2 Å². The molecule has 176 valence electrons. The van der Waals surface area contributed by atoms with E-state index in [1.807, 2.05) is 38.4 Å². The third kappa shape index (κ3) is 4.61. The van der Waals surface area contributed by atoms with Crippen LogP contribution in [0.3, 0.4) is 0 Å². The van der Waals surface area contributed by atoms with Gasteiger partial charge in [0, 0.05) is 19.0 Å². The van der Waals surface area contributed by atoms with E-state index in [-0.39, 0.29) is 5.82 Å². The van der Waals surface area contributed by atoms with E-state index in [2.05, 4.69) is 48.4 Å². The largest absolute Gasteiger partial charge is 0.471 e. The van der Waals surface area contributed by atoms with Crippen molar-refractivity contribution in [2.75, 3.05) is 20.6 Å². The van der Waals surface area contributed by atoms with Gasteiger partial charge < -0.3 is 14.0 Å². The highest BCUT2D eigenvalue weighted by molar-refractivity contribution is 5.81. The van der Waals surface area contributed by atoms with Gasteiger partial charge in [-0.25, -0.2) is 4.98 Å². The zero-order chi connectivity index (χ0) is 23.9. The van der Waals surface area contributed by atoms with Gasteiger partial charge in [0.05, 0.1) is 11.0 Å². The standard InChI is InChI=1S/C25H24F3N5O/c1-32(2)12-13-33-21-10-8-16(9-11-22-30-24(34-31-22)25(26,27)28)14-20(21)29-23(33)19-15-18(19)17-6-4-3-5-7-17/h3-11,14,18-19H,12-13,15H2,1-2H3/b11-9+/t18-,19+/m1/s1. The van der Waals surface area contributed by atoms with Crippen LogP contribution in [-0.4, -0.2) is 45.2 Å². The van der Waals surface area contributed by atoms with Gasteiger partial charge in [0.1, 0.15) is 5.82 Å². The fourth-order valence-corrected chi connectivity index (χ4v) is 4.22. The Kier molecular flexibility index (Phi) is 5.73. The van der Waals surface area contributed by atoms with Crippen molar-refractivity contribution in [3.8, 4) is 0 Å². The molecule has 1 aliphatic carbocycles. The number of rotatable bonds is 7. The minimum absolute atomic E-state index is 0.131. The summed E-state index contributed by atoms with van der Waals surface area (Å²) in [6.07, 6.45) is -0.529. The molecule has 1 aliphatic rings. The Morgan fingerprint density at radius 1 is 1.06 bits per heavy atom. The zero-order valence-electron chi connectivity index (χ0n) is 18.8. The van der Waals surface area contributed by atoms with Gasteiger partial charge in [-0.15, -0.1) is 0 Å². The van der Waals surface area contributed by atoms with E-state index in [4.69, 9.17) is 4.98 Å². The SMILES string of the molecule is CN(C)CCn1c([C@H]2C[C@@H]2c2ccccc2)nc2cc(/C=C/c3noc(C(F)(F)F)n3)ccc21. The molecule has 1 fully saturated rings. The Morgan fingerprint density at radius 2 is 1.85 bits per heavy atom. The number of likely N-dealkylation sites (N-methyl/N-ethyl adjacent to an activating group) is 1. The van der Waals surface area contributed by atoms with Crippen LogP contribution in [-0.2, 0) is 12.7 Å². The molecule has 0 saturated heterocycles. The average molecular weight is 467 g/mol. The van der Waals surface area contributed by atoms with Crippen LogP contribution in [0.1, 0.15) is 46.9 Å². The Morgan fingerprint density at radius 3 is 2.56 bits per heavy atom. The zero-order valence-corrected chi connectivity index (χ0v) is 18.8.